The van der Waals surface area contributed by atoms with Crippen LogP contribution in [0.25, 0.3) is 0 Å². The lowest BCUT2D eigenvalue weighted by Crippen LogP contribution is -2.33. The minimum atomic E-state index is -0.151. The Kier molecular flexibility index (Phi) is 4.94. The predicted molar refractivity (Wildman–Crippen MR) is 71.8 cm³/mol. The van der Waals surface area contributed by atoms with E-state index < -0.39 is 0 Å². The van der Waals surface area contributed by atoms with Crippen LogP contribution in [-0.2, 0) is 0 Å². The van der Waals surface area contributed by atoms with E-state index in [-0.39, 0.29) is 5.82 Å². The second kappa shape index (κ2) is 6.01. The average Bonchev–Trinajstić information content (AvgIpc) is 2.28. The summed E-state index contributed by atoms with van der Waals surface area (Å²) in [6.07, 6.45) is 0. The molecule has 2 nitrogen and oxygen atoms in total. The lowest BCUT2D eigenvalue weighted by atomic mass is 9.95. The molecule has 0 amide bonds. The van der Waals surface area contributed by atoms with Gasteiger partial charge in [0, 0.05) is 19.3 Å². The first kappa shape index (κ1) is 14.0. The smallest absolute Gasteiger partial charge is 0.126 e. The molecule has 17 heavy (non-hydrogen) atoms. The first-order valence-corrected chi connectivity index (χ1v) is 6.13. The van der Waals surface area contributed by atoms with Crippen LogP contribution in [-0.4, -0.2) is 20.1 Å². The fourth-order valence-corrected chi connectivity index (χ4v) is 1.88. The molecule has 0 saturated heterocycles. The lowest BCUT2D eigenvalue weighted by Gasteiger charge is -2.27. The topological polar surface area (TPSA) is 29.3 Å². The van der Waals surface area contributed by atoms with E-state index in [4.69, 9.17) is 5.73 Å². The van der Waals surface area contributed by atoms with Crippen molar-refractivity contribution in [2.45, 2.75) is 20.8 Å². The molecule has 0 radical (unpaired) electrons. The van der Waals surface area contributed by atoms with Crippen LogP contribution in [0.5, 0.6) is 0 Å². The van der Waals surface area contributed by atoms with Crippen LogP contribution in [0, 0.1) is 24.6 Å². The minimum Gasteiger partial charge on any atom is -0.374 e. The zero-order valence-corrected chi connectivity index (χ0v) is 11.2. The predicted octanol–water partition coefficient (Wildman–Crippen LogP) is 2.80. The fraction of sp³-hybridized carbons (Fsp3) is 0.571. The molecular weight excluding hydrogens is 215 g/mol. The molecule has 0 heterocycles. The molecule has 0 aliphatic rings. The van der Waals surface area contributed by atoms with Gasteiger partial charge in [-0.15, -0.1) is 0 Å². The molecule has 1 aromatic carbocycles. The normalized spacial score (nSPS) is 12.9. The van der Waals surface area contributed by atoms with Crippen molar-refractivity contribution < 1.29 is 4.39 Å². The van der Waals surface area contributed by atoms with E-state index in [1.165, 1.54) is 6.07 Å². The van der Waals surface area contributed by atoms with E-state index in [0.717, 1.165) is 12.2 Å². The van der Waals surface area contributed by atoms with Crippen molar-refractivity contribution >= 4 is 5.69 Å². The zero-order valence-electron chi connectivity index (χ0n) is 11.2. The van der Waals surface area contributed by atoms with Gasteiger partial charge < -0.3 is 10.6 Å². The molecule has 1 unspecified atom stereocenters. The van der Waals surface area contributed by atoms with Crippen LogP contribution in [0.2, 0.25) is 0 Å². The summed E-state index contributed by atoms with van der Waals surface area (Å²) in [4.78, 5) is 2.14. The molecule has 0 aliphatic heterocycles. The van der Waals surface area contributed by atoms with E-state index in [1.54, 1.807) is 6.92 Å². The summed E-state index contributed by atoms with van der Waals surface area (Å²) >= 11 is 0. The number of aryl methyl sites for hydroxylation is 1. The monoisotopic (exact) mass is 238 g/mol. The van der Waals surface area contributed by atoms with Crippen LogP contribution in [0.3, 0.4) is 0 Å². The van der Waals surface area contributed by atoms with Gasteiger partial charge in [0.05, 0.1) is 0 Å². The number of rotatable bonds is 5. The van der Waals surface area contributed by atoms with Crippen molar-refractivity contribution in [3.8, 4) is 0 Å². The Balaban J connectivity index is 2.75. The molecule has 0 saturated carbocycles. The maximum atomic E-state index is 13.2. The molecule has 96 valence electrons. The van der Waals surface area contributed by atoms with Crippen molar-refractivity contribution in [2.24, 2.45) is 17.6 Å². The van der Waals surface area contributed by atoms with Crippen molar-refractivity contribution in [1.82, 2.24) is 0 Å². The molecule has 3 heteroatoms. The van der Waals surface area contributed by atoms with E-state index >= 15 is 0 Å². The van der Waals surface area contributed by atoms with E-state index in [2.05, 4.69) is 18.7 Å². The van der Waals surface area contributed by atoms with Gasteiger partial charge in [-0.05, 0) is 49.1 Å². The van der Waals surface area contributed by atoms with Crippen LogP contribution >= 0.6 is 0 Å². The summed E-state index contributed by atoms with van der Waals surface area (Å²) in [6.45, 7) is 7.74. The molecule has 1 aromatic rings. The molecule has 2 N–H and O–H groups in total. The molecule has 0 aromatic heterocycles. The quantitative estimate of drug-likeness (QED) is 0.854. The molecule has 1 rings (SSSR count). The summed E-state index contributed by atoms with van der Waals surface area (Å²) in [5.41, 5.74) is 7.50. The van der Waals surface area contributed by atoms with Crippen molar-refractivity contribution in [3.05, 3.63) is 29.6 Å². The Morgan fingerprint density at radius 3 is 2.47 bits per heavy atom. The zero-order chi connectivity index (χ0) is 13.0. The SMILES string of the molecule is Cc1cc(N(C)CC(CN)C(C)C)ccc1F. The van der Waals surface area contributed by atoms with E-state index in [9.17, 15) is 4.39 Å². The second-order valence-electron chi connectivity index (χ2n) is 5.05. The van der Waals surface area contributed by atoms with Gasteiger partial charge in [0.1, 0.15) is 5.82 Å². The van der Waals surface area contributed by atoms with Gasteiger partial charge in [0.25, 0.3) is 0 Å². The van der Waals surface area contributed by atoms with Crippen LogP contribution in [0.4, 0.5) is 10.1 Å². The first-order chi connectivity index (χ1) is 7.95. The molecule has 0 aliphatic carbocycles. The van der Waals surface area contributed by atoms with Crippen LogP contribution in [0.15, 0.2) is 18.2 Å². The van der Waals surface area contributed by atoms with Gasteiger partial charge in [-0.25, -0.2) is 4.39 Å². The van der Waals surface area contributed by atoms with Crippen LogP contribution < -0.4 is 10.6 Å². The van der Waals surface area contributed by atoms with Crippen molar-refractivity contribution in [3.63, 3.8) is 0 Å². The Morgan fingerprint density at radius 2 is 2.00 bits per heavy atom. The third kappa shape index (κ3) is 3.70. The van der Waals surface area contributed by atoms with E-state index in [1.807, 2.05) is 19.2 Å². The number of hydrogen-bond donors (Lipinski definition) is 1. The summed E-state index contributed by atoms with van der Waals surface area (Å²) in [5, 5.41) is 0. The van der Waals surface area contributed by atoms with Gasteiger partial charge in [0.15, 0.2) is 0 Å². The summed E-state index contributed by atoms with van der Waals surface area (Å²) in [7, 11) is 2.03. The number of anilines is 1. The summed E-state index contributed by atoms with van der Waals surface area (Å²) in [5.74, 6) is 0.871. The second-order valence-corrected chi connectivity index (χ2v) is 5.05. The average molecular weight is 238 g/mol. The minimum absolute atomic E-state index is 0.151. The Morgan fingerprint density at radius 1 is 1.35 bits per heavy atom. The van der Waals surface area contributed by atoms with E-state index in [0.29, 0.717) is 23.9 Å². The highest BCUT2D eigenvalue weighted by Crippen LogP contribution is 2.20. The highest BCUT2D eigenvalue weighted by atomic mass is 19.1. The number of nitrogens with two attached hydrogens (primary N) is 1. The third-order valence-electron chi connectivity index (χ3n) is 3.34. The van der Waals surface area contributed by atoms with Gasteiger partial charge in [-0.1, -0.05) is 13.8 Å². The van der Waals surface area contributed by atoms with Gasteiger partial charge >= 0.3 is 0 Å². The molecule has 0 bridgehead atoms. The number of benzene rings is 1. The molecule has 0 spiro atoms. The maximum absolute atomic E-state index is 13.2. The maximum Gasteiger partial charge on any atom is 0.126 e. The standard InChI is InChI=1S/C14H23FN2/c1-10(2)12(8-16)9-17(4)13-5-6-14(15)11(3)7-13/h5-7,10,12H,8-9,16H2,1-4H3. The highest BCUT2D eigenvalue weighted by molar-refractivity contribution is 5.48. The highest BCUT2D eigenvalue weighted by Gasteiger charge is 2.14. The van der Waals surface area contributed by atoms with Gasteiger partial charge in [0.2, 0.25) is 0 Å². The van der Waals surface area contributed by atoms with Gasteiger partial charge in [-0.2, -0.15) is 0 Å². The Bertz CT molecular complexity index is 363. The molecule has 1 atom stereocenters. The van der Waals surface area contributed by atoms with Crippen molar-refractivity contribution in [1.29, 1.82) is 0 Å². The summed E-state index contributed by atoms with van der Waals surface area (Å²) in [6, 6.07) is 5.22. The lowest BCUT2D eigenvalue weighted by molar-refractivity contribution is 0.398. The Hall–Kier alpha value is -1.09. The third-order valence-corrected chi connectivity index (χ3v) is 3.34. The summed E-state index contributed by atoms with van der Waals surface area (Å²) < 4.78 is 13.2. The fourth-order valence-electron chi connectivity index (χ4n) is 1.88. The van der Waals surface area contributed by atoms with Crippen molar-refractivity contribution in [2.75, 3.05) is 25.0 Å². The Labute approximate surface area is 104 Å². The number of halogens is 1. The molecule has 0 fully saturated rings. The number of hydrogen-bond acceptors (Lipinski definition) is 2. The molecular formula is C14H23FN2. The number of nitrogens with zero attached hydrogens (tertiary/aromatic N) is 1. The van der Waals surface area contributed by atoms with Crippen LogP contribution in [0.1, 0.15) is 19.4 Å². The van der Waals surface area contributed by atoms with Gasteiger partial charge in [-0.3, -0.25) is 0 Å². The largest absolute Gasteiger partial charge is 0.374 e. The first-order valence-electron chi connectivity index (χ1n) is 6.13.